The Morgan fingerprint density at radius 1 is 1.19 bits per heavy atom. The van der Waals surface area contributed by atoms with Gasteiger partial charge in [-0.3, -0.25) is 4.79 Å². The number of aryl methyl sites for hydroxylation is 1. The molecule has 0 N–H and O–H groups in total. The van der Waals surface area contributed by atoms with Gasteiger partial charge in [0.05, 0.1) is 0 Å². The van der Waals surface area contributed by atoms with E-state index in [4.69, 9.17) is 9.26 Å². The predicted octanol–water partition coefficient (Wildman–Crippen LogP) is 4.39. The van der Waals surface area contributed by atoms with Crippen LogP contribution in [0.15, 0.2) is 53.1 Å². The molecule has 0 radical (unpaired) electrons. The monoisotopic (exact) mass is 423 g/mol. The van der Waals surface area contributed by atoms with E-state index in [1.807, 2.05) is 36.1 Å². The molecule has 0 aliphatic carbocycles. The molecule has 2 aromatic carbocycles. The number of amides is 1. The minimum Gasteiger partial charge on any atom is -0.385 e. The Balaban J connectivity index is 1.53. The summed E-state index contributed by atoms with van der Waals surface area (Å²) in [5, 5.41) is 4.26. The lowest BCUT2D eigenvalue weighted by Gasteiger charge is -2.39. The highest BCUT2D eigenvalue weighted by Crippen LogP contribution is 2.38. The Labute approximate surface area is 181 Å². The summed E-state index contributed by atoms with van der Waals surface area (Å²) in [6.45, 7) is 3.76. The largest absolute Gasteiger partial charge is 0.385 e. The first kappa shape index (κ1) is 21.2. The van der Waals surface area contributed by atoms with Gasteiger partial charge in [-0.2, -0.15) is 4.98 Å². The van der Waals surface area contributed by atoms with Gasteiger partial charge in [0.2, 0.25) is 0 Å². The Bertz CT molecular complexity index is 1040. The van der Waals surface area contributed by atoms with Crippen molar-refractivity contribution in [1.29, 1.82) is 0 Å². The molecule has 1 aliphatic heterocycles. The second kappa shape index (κ2) is 8.98. The summed E-state index contributed by atoms with van der Waals surface area (Å²) in [5.74, 6) is 0.714. The third kappa shape index (κ3) is 4.51. The summed E-state index contributed by atoms with van der Waals surface area (Å²) in [5.41, 5.74) is 2.12. The van der Waals surface area contributed by atoms with Crippen molar-refractivity contribution in [2.45, 2.75) is 31.6 Å². The minimum absolute atomic E-state index is 0.0455. The van der Waals surface area contributed by atoms with Crippen LogP contribution in [0.2, 0.25) is 0 Å². The molecule has 162 valence electrons. The van der Waals surface area contributed by atoms with Crippen LogP contribution in [-0.4, -0.2) is 47.8 Å². The average Bonchev–Trinajstić information content (AvgIpc) is 3.29. The molecule has 2 heterocycles. The van der Waals surface area contributed by atoms with E-state index >= 15 is 0 Å². The molecule has 31 heavy (non-hydrogen) atoms. The van der Waals surface area contributed by atoms with Crippen molar-refractivity contribution in [3.8, 4) is 11.5 Å². The molecule has 1 amide bonds. The Kier molecular flexibility index (Phi) is 6.13. The fraction of sp³-hybridized carbons (Fsp3) is 0.375. The number of rotatable bonds is 6. The van der Waals surface area contributed by atoms with Crippen LogP contribution in [-0.2, 0) is 10.2 Å². The van der Waals surface area contributed by atoms with Crippen LogP contribution >= 0.6 is 0 Å². The Morgan fingerprint density at radius 2 is 1.94 bits per heavy atom. The molecular weight excluding hydrogens is 397 g/mol. The number of aromatic nitrogens is 2. The zero-order valence-corrected chi connectivity index (χ0v) is 17.8. The number of carbonyl (C=O) groups is 1. The van der Waals surface area contributed by atoms with Crippen LogP contribution in [0, 0.1) is 12.7 Å². The van der Waals surface area contributed by atoms with E-state index in [1.165, 1.54) is 12.1 Å². The zero-order valence-electron chi connectivity index (χ0n) is 17.8. The molecule has 3 aromatic rings. The van der Waals surface area contributed by atoms with E-state index in [2.05, 4.69) is 10.1 Å². The number of hydrogen-bond acceptors (Lipinski definition) is 5. The number of likely N-dealkylation sites (tertiary alicyclic amines) is 1. The highest BCUT2D eigenvalue weighted by Gasteiger charge is 2.41. The van der Waals surface area contributed by atoms with E-state index in [0.29, 0.717) is 42.5 Å². The second-order valence-corrected chi connectivity index (χ2v) is 8.11. The third-order valence-electron chi connectivity index (χ3n) is 6.05. The van der Waals surface area contributed by atoms with Crippen LogP contribution in [0.3, 0.4) is 0 Å². The van der Waals surface area contributed by atoms with E-state index in [9.17, 15) is 9.18 Å². The van der Waals surface area contributed by atoms with Crippen molar-refractivity contribution >= 4 is 5.91 Å². The van der Waals surface area contributed by atoms with Crippen molar-refractivity contribution in [2.24, 2.45) is 0 Å². The molecule has 0 unspecified atom stereocenters. The molecule has 7 heteroatoms. The lowest BCUT2D eigenvalue weighted by molar-refractivity contribution is 0.0616. The van der Waals surface area contributed by atoms with Crippen molar-refractivity contribution < 1.29 is 18.4 Å². The number of halogens is 1. The molecule has 0 bridgehead atoms. The van der Waals surface area contributed by atoms with Gasteiger partial charge in [-0.25, -0.2) is 4.39 Å². The lowest BCUT2D eigenvalue weighted by atomic mass is 9.75. The van der Waals surface area contributed by atoms with Crippen molar-refractivity contribution in [2.75, 3.05) is 26.8 Å². The van der Waals surface area contributed by atoms with E-state index in [-0.39, 0.29) is 17.1 Å². The number of piperidine rings is 1. The molecule has 6 nitrogen and oxygen atoms in total. The van der Waals surface area contributed by atoms with Crippen molar-refractivity contribution in [1.82, 2.24) is 15.0 Å². The van der Waals surface area contributed by atoms with Gasteiger partial charge in [0.25, 0.3) is 11.8 Å². The zero-order chi connectivity index (χ0) is 21.8. The van der Waals surface area contributed by atoms with Gasteiger partial charge in [-0.05, 0) is 62.6 Å². The Morgan fingerprint density at radius 3 is 2.61 bits per heavy atom. The van der Waals surface area contributed by atoms with Crippen LogP contribution < -0.4 is 0 Å². The summed E-state index contributed by atoms with van der Waals surface area (Å²) >= 11 is 0. The first-order chi connectivity index (χ1) is 15.0. The molecule has 1 saturated heterocycles. The molecule has 0 atom stereocenters. The molecule has 1 fully saturated rings. The topological polar surface area (TPSA) is 68.5 Å². The van der Waals surface area contributed by atoms with Crippen LogP contribution in [0.4, 0.5) is 4.39 Å². The number of carbonyl (C=O) groups excluding carboxylic acids is 1. The molecule has 0 saturated carbocycles. The first-order valence-corrected chi connectivity index (χ1v) is 10.5. The lowest BCUT2D eigenvalue weighted by Crippen LogP contribution is -2.46. The fourth-order valence-electron chi connectivity index (χ4n) is 4.13. The Hall–Kier alpha value is -3.06. The molecule has 1 aliphatic rings. The maximum atomic E-state index is 13.2. The maximum absolute atomic E-state index is 13.2. The minimum atomic E-state index is -0.332. The molecule has 4 rings (SSSR count). The number of hydrogen-bond donors (Lipinski definition) is 0. The van der Waals surface area contributed by atoms with Gasteiger partial charge < -0.3 is 14.2 Å². The van der Waals surface area contributed by atoms with Gasteiger partial charge in [-0.15, -0.1) is 0 Å². The van der Waals surface area contributed by atoms with Gasteiger partial charge in [0.1, 0.15) is 5.82 Å². The number of methoxy groups -OCH3 is 1. The first-order valence-electron chi connectivity index (χ1n) is 10.5. The van der Waals surface area contributed by atoms with Crippen molar-refractivity contribution in [3.63, 3.8) is 0 Å². The molecule has 0 spiro atoms. The summed E-state index contributed by atoms with van der Waals surface area (Å²) in [4.78, 5) is 19.5. The SMILES string of the molecule is COCCC1(c2noc(-c3ccc(F)cc3)n2)CCN(C(=O)c2cccc(C)c2)CC1. The highest BCUT2D eigenvalue weighted by molar-refractivity contribution is 5.94. The van der Waals surface area contributed by atoms with Crippen molar-refractivity contribution in [3.05, 3.63) is 71.3 Å². The fourth-order valence-corrected chi connectivity index (χ4v) is 4.13. The average molecular weight is 423 g/mol. The molecule has 1 aromatic heterocycles. The van der Waals surface area contributed by atoms with Crippen LogP contribution in [0.25, 0.3) is 11.5 Å². The quantitative estimate of drug-likeness (QED) is 0.588. The maximum Gasteiger partial charge on any atom is 0.257 e. The normalized spacial score (nSPS) is 15.8. The van der Waals surface area contributed by atoms with E-state index in [0.717, 1.165) is 24.8 Å². The summed E-state index contributed by atoms with van der Waals surface area (Å²) in [7, 11) is 1.67. The van der Waals surface area contributed by atoms with Gasteiger partial charge in [-0.1, -0.05) is 22.9 Å². The van der Waals surface area contributed by atoms with E-state index in [1.54, 1.807) is 19.2 Å². The number of benzene rings is 2. The van der Waals surface area contributed by atoms with Crippen LogP contribution in [0.5, 0.6) is 0 Å². The number of ether oxygens (including phenoxy) is 1. The summed E-state index contributed by atoms with van der Waals surface area (Å²) < 4.78 is 24.1. The summed E-state index contributed by atoms with van der Waals surface area (Å²) in [6.07, 6.45) is 2.17. The standard InChI is InChI=1S/C24H26FN3O3/c1-17-4-3-5-19(16-17)22(29)28-13-10-24(11-14-28,12-15-30-2)23-26-21(31-27-23)18-6-8-20(25)9-7-18/h3-9,16H,10-15H2,1-2H3. The smallest absolute Gasteiger partial charge is 0.257 e. The van der Waals surface area contributed by atoms with Gasteiger partial charge >= 0.3 is 0 Å². The second-order valence-electron chi connectivity index (χ2n) is 8.11. The predicted molar refractivity (Wildman–Crippen MR) is 114 cm³/mol. The highest BCUT2D eigenvalue weighted by atomic mass is 19.1. The summed E-state index contributed by atoms with van der Waals surface area (Å²) in [6, 6.07) is 13.7. The third-order valence-corrected chi connectivity index (χ3v) is 6.05. The van der Waals surface area contributed by atoms with Crippen LogP contribution in [0.1, 0.15) is 41.0 Å². The van der Waals surface area contributed by atoms with Gasteiger partial charge in [0, 0.05) is 43.3 Å². The van der Waals surface area contributed by atoms with Gasteiger partial charge in [0.15, 0.2) is 5.82 Å². The molecular formula is C24H26FN3O3. The van der Waals surface area contributed by atoms with E-state index < -0.39 is 0 Å². The number of nitrogens with zero attached hydrogens (tertiary/aromatic N) is 3.